The molecule has 3 heterocycles. The van der Waals surface area contributed by atoms with Gasteiger partial charge in [0.05, 0.1) is 11.8 Å². The first-order valence-corrected chi connectivity index (χ1v) is 10.1. The Kier molecular flexibility index (Phi) is 5.31. The summed E-state index contributed by atoms with van der Waals surface area (Å²) in [5.41, 5.74) is 10.0. The van der Waals surface area contributed by atoms with Gasteiger partial charge in [-0.05, 0) is 24.6 Å². The maximum Gasteiger partial charge on any atom is 0.326 e. The lowest BCUT2D eigenvalue weighted by molar-refractivity contribution is 0.200. The van der Waals surface area contributed by atoms with Crippen LogP contribution in [0.15, 0.2) is 47.4 Å². The molecule has 0 bridgehead atoms. The number of urea groups is 1. The Bertz CT molecular complexity index is 1270. The van der Waals surface area contributed by atoms with Gasteiger partial charge in [-0.3, -0.25) is 5.32 Å². The standard InChI is InChI=1S/C22H25N7O3/c1-12(30)15-10-29-19(20(23)24-11-25-29)18(15)13-5-7-14(8-6-13)26-21(31)27-17-9-16(28-32-17)22(2,3)4/h5-12,30H,1-4H3,(H2,23,24,25)(H2,26,27,31). The minimum Gasteiger partial charge on any atom is -0.389 e. The average molecular weight is 435 g/mol. The molecule has 0 spiro atoms. The number of aromatic nitrogens is 4. The van der Waals surface area contributed by atoms with Crippen molar-refractivity contribution in [2.75, 3.05) is 16.4 Å². The summed E-state index contributed by atoms with van der Waals surface area (Å²) in [6.45, 7) is 7.70. The van der Waals surface area contributed by atoms with Gasteiger partial charge in [-0.25, -0.2) is 14.3 Å². The van der Waals surface area contributed by atoms with Crippen LogP contribution in [-0.4, -0.2) is 30.9 Å². The van der Waals surface area contributed by atoms with Crippen molar-refractivity contribution < 1.29 is 14.4 Å². The number of hydrogen-bond acceptors (Lipinski definition) is 7. The molecule has 0 saturated heterocycles. The number of rotatable bonds is 4. The summed E-state index contributed by atoms with van der Waals surface area (Å²) >= 11 is 0. The zero-order chi connectivity index (χ0) is 23.0. The zero-order valence-corrected chi connectivity index (χ0v) is 18.2. The van der Waals surface area contributed by atoms with E-state index in [2.05, 4.69) is 25.9 Å². The highest BCUT2D eigenvalue weighted by Crippen LogP contribution is 2.36. The number of nitrogens with one attached hydrogen (secondary N) is 2. The number of aliphatic hydroxyl groups is 1. The van der Waals surface area contributed by atoms with Crippen molar-refractivity contribution in [1.82, 2.24) is 19.8 Å². The summed E-state index contributed by atoms with van der Waals surface area (Å²) < 4.78 is 6.78. The highest BCUT2D eigenvalue weighted by Gasteiger charge is 2.21. The van der Waals surface area contributed by atoms with E-state index in [1.54, 1.807) is 35.8 Å². The summed E-state index contributed by atoms with van der Waals surface area (Å²) in [6, 6.07) is 8.41. The third kappa shape index (κ3) is 4.12. The summed E-state index contributed by atoms with van der Waals surface area (Å²) in [6.07, 6.45) is 2.37. The second-order valence-corrected chi connectivity index (χ2v) is 8.56. The van der Waals surface area contributed by atoms with Crippen LogP contribution < -0.4 is 16.4 Å². The first kappa shape index (κ1) is 21.3. The number of nitrogen functional groups attached to an aromatic ring is 1. The molecule has 1 aromatic carbocycles. The number of carbonyl (C=O) groups is 1. The normalized spacial score (nSPS) is 12.7. The average Bonchev–Trinajstić information content (AvgIpc) is 3.34. The highest BCUT2D eigenvalue weighted by atomic mass is 16.5. The quantitative estimate of drug-likeness (QED) is 0.380. The molecule has 4 rings (SSSR count). The fourth-order valence-corrected chi connectivity index (χ4v) is 3.36. The number of aliphatic hydroxyl groups excluding tert-OH is 1. The Morgan fingerprint density at radius 1 is 1.22 bits per heavy atom. The minimum atomic E-state index is -0.727. The molecule has 2 amide bonds. The SMILES string of the molecule is CC(O)c1cn2ncnc(N)c2c1-c1ccc(NC(=O)Nc2cc(C(C)(C)C)no2)cc1. The van der Waals surface area contributed by atoms with Crippen molar-refractivity contribution in [3.8, 4) is 11.1 Å². The maximum atomic E-state index is 12.3. The molecule has 1 unspecified atom stereocenters. The van der Waals surface area contributed by atoms with Gasteiger partial charge in [-0.1, -0.05) is 38.1 Å². The molecule has 166 valence electrons. The van der Waals surface area contributed by atoms with Gasteiger partial charge in [0.15, 0.2) is 5.82 Å². The summed E-state index contributed by atoms with van der Waals surface area (Å²) in [5, 5.41) is 23.8. The van der Waals surface area contributed by atoms with Crippen LogP contribution in [0.25, 0.3) is 16.6 Å². The van der Waals surface area contributed by atoms with E-state index in [1.807, 2.05) is 32.9 Å². The molecule has 32 heavy (non-hydrogen) atoms. The number of anilines is 3. The van der Waals surface area contributed by atoms with Crippen LogP contribution in [0.4, 0.5) is 22.2 Å². The Balaban J connectivity index is 1.55. The van der Waals surface area contributed by atoms with Crippen molar-refractivity contribution in [1.29, 1.82) is 0 Å². The lowest BCUT2D eigenvalue weighted by Crippen LogP contribution is -2.19. The Morgan fingerprint density at radius 2 is 1.94 bits per heavy atom. The predicted molar refractivity (Wildman–Crippen MR) is 121 cm³/mol. The van der Waals surface area contributed by atoms with Crippen LogP contribution >= 0.6 is 0 Å². The van der Waals surface area contributed by atoms with E-state index in [1.165, 1.54) is 6.33 Å². The molecule has 10 nitrogen and oxygen atoms in total. The Hall–Kier alpha value is -3.92. The topological polar surface area (TPSA) is 144 Å². The summed E-state index contributed by atoms with van der Waals surface area (Å²) in [7, 11) is 0. The fourth-order valence-electron chi connectivity index (χ4n) is 3.36. The van der Waals surface area contributed by atoms with Crippen molar-refractivity contribution in [3.63, 3.8) is 0 Å². The highest BCUT2D eigenvalue weighted by molar-refractivity contribution is 5.99. The van der Waals surface area contributed by atoms with E-state index in [-0.39, 0.29) is 11.3 Å². The lowest BCUT2D eigenvalue weighted by Gasteiger charge is -2.12. The monoisotopic (exact) mass is 435 g/mol. The second-order valence-electron chi connectivity index (χ2n) is 8.56. The number of hydrogen-bond donors (Lipinski definition) is 4. The van der Waals surface area contributed by atoms with Crippen LogP contribution in [0.3, 0.4) is 0 Å². The number of nitrogens with zero attached hydrogens (tertiary/aromatic N) is 4. The molecule has 0 radical (unpaired) electrons. The van der Waals surface area contributed by atoms with Crippen LogP contribution in [0.5, 0.6) is 0 Å². The molecule has 0 aliphatic carbocycles. The van der Waals surface area contributed by atoms with Gasteiger partial charge in [0.2, 0.25) is 5.88 Å². The molecule has 0 aliphatic rings. The Morgan fingerprint density at radius 3 is 2.56 bits per heavy atom. The molecule has 0 aliphatic heterocycles. The van der Waals surface area contributed by atoms with Crippen LogP contribution in [0.2, 0.25) is 0 Å². The van der Waals surface area contributed by atoms with Crippen LogP contribution in [0.1, 0.15) is 45.1 Å². The number of nitrogens with two attached hydrogens (primary N) is 1. The largest absolute Gasteiger partial charge is 0.389 e. The van der Waals surface area contributed by atoms with Crippen molar-refractivity contribution in [2.24, 2.45) is 0 Å². The molecule has 4 aromatic rings. The number of amides is 2. The van der Waals surface area contributed by atoms with Gasteiger partial charge in [0, 0.05) is 34.5 Å². The Labute approximate surface area is 184 Å². The molecule has 1 atom stereocenters. The minimum absolute atomic E-state index is 0.182. The molecular formula is C22H25N7O3. The van der Waals surface area contributed by atoms with Crippen LogP contribution in [0, 0.1) is 0 Å². The zero-order valence-electron chi connectivity index (χ0n) is 18.2. The maximum absolute atomic E-state index is 12.3. The smallest absolute Gasteiger partial charge is 0.326 e. The predicted octanol–water partition coefficient (Wildman–Crippen LogP) is 3.96. The number of carbonyl (C=O) groups excluding carboxylic acids is 1. The van der Waals surface area contributed by atoms with E-state index in [0.717, 1.165) is 16.8 Å². The molecule has 5 N–H and O–H groups in total. The third-order valence-corrected chi connectivity index (χ3v) is 5.03. The molecule has 0 fully saturated rings. The van der Waals surface area contributed by atoms with Gasteiger partial charge < -0.3 is 20.7 Å². The van der Waals surface area contributed by atoms with E-state index in [9.17, 15) is 9.90 Å². The number of benzene rings is 1. The van der Waals surface area contributed by atoms with Gasteiger partial charge in [0.1, 0.15) is 11.8 Å². The van der Waals surface area contributed by atoms with Gasteiger partial charge in [-0.2, -0.15) is 5.10 Å². The van der Waals surface area contributed by atoms with E-state index in [0.29, 0.717) is 22.6 Å². The molecule has 3 aromatic heterocycles. The first-order chi connectivity index (χ1) is 15.1. The van der Waals surface area contributed by atoms with Gasteiger partial charge in [-0.15, -0.1) is 0 Å². The van der Waals surface area contributed by atoms with Crippen molar-refractivity contribution in [3.05, 3.63) is 54.1 Å². The van der Waals surface area contributed by atoms with E-state index < -0.39 is 12.1 Å². The fraction of sp³-hybridized carbons (Fsp3) is 0.273. The van der Waals surface area contributed by atoms with Crippen LogP contribution in [-0.2, 0) is 5.41 Å². The van der Waals surface area contributed by atoms with E-state index in [4.69, 9.17) is 10.3 Å². The van der Waals surface area contributed by atoms with Gasteiger partial charge in [0.25, 0.3) is 0 Å². The summed E-state index contributed by atoms with van der Waals surface area (Å²) in [5.74, 6) is 0.575. The second kappa shape index (κ2) is 7.97. The van der Waals surface area contributed by atoms with Gasteiger partial charge >= 0.3 is 6.03 Å². The molecule has 10 heteroatoms. The van der Waals surface area contributed by atoms with E-state index >= 15 is 0 Å². The van der Waals surface area contributed by atoms with Crippen molar-refractivity contribution in [2.45, 2.75) is 39.2 Å². The lowest BCUT2D eigenvalue weighted by atomic mass is 9.92. The summed E-state index contributed by atoms with van der Waals surface area (Å²) in [4.78, 5) is 16.4. The molecular weight excluding hydrogens is 410 g/mol. The van der Waals surface area contributed by atoms with Crippen molar-refractivity contribution >= 4 is 28.9 Å². The first-order valence-electron chi connectivity index (χ1n) is 10.1. The molecule has 0 saturated carbocycles. The third-order valence-electron chi connectivity index (χ3n) is 5.03. The number of fused-ring (bicyclic) bond motifs is 1.